The summed E-state index contributed by atoms with van der Waals surface area (Å²) in [5.74, 6) is -0.0326. The third-order valence-electron chi connectivity index (χ3n) is 5.12. The molecule has 26 heavy (non-hydrogen) atoms. The molecule has 3 aromatic rings. The zero-order valence-corrected chi connectivity index (χ0v) is 15.1. The number of nitrogens with one attached hydrogen (secondary N) is 2. The van der Waals surface area contributed by atoms with Crippen LogP contribution in [0.5, 0.6) is 0 Å². The van der Waals surface area contributed by atoms with Gasteiger partial charge in [-0.25, -0.2) is 0 Å². The van der Waals surface area contributed by atoms with Gasteiger partial charge in [-0.2, -0.15) is 0 Å². The summed E-state index contributed by atoms with van der Waals surface area (Å²) < 4.78 is 5.17. The standard InChI is InChI=1S/C22H24N2O2/c1-26-14-16-6-4-5-15(11-16)13-23-22(25)17-9-10-21-19(12-17)18-7-2-3-8-20(18)24-21/h4-6,9-12,24H,2-3,7-8,13-14H2,1H3,(H,23,25). The summed E-state index contributed by atoms with van der Waals surface area (Å²) in [6, 6.07) is 14.1. The van der Waals surface area contributed by atoms with Crippen LogP contribution < -0.4 is 5.32 Å². The molecule has 1 aromatic heterocycles. The van der Waals surface area contributed by atoms with Crippen molar-refractivity contribution in [3.05, 3.63) is 70.4 Å². The van der Waals surface area contributed by atoms with Gasteiger partial charge in [-0.3, -0.25) is 4.79 Å². The highest BCUT2D eigenvalue weighted by molar-refractivity contribution is 5.99. The van der Waals surface area contributed by atoms with Crippen LogP contribution in [0.25, 0.3) is 10.9 Å². The SMILES string of the molecule is COCc1cccc(CNC(=O)c2ccc3[nH]c4c(c3c2)CCCC4)c1. The van der Waals surface area contributed by atoms with Gasteiger partial charge in [-0.15, -0.1) is 0 Å². The summed E-state index contributed by atoms with van der Waals surface area (Å²) in [6.07, 6.45) is 4.69. The van der Waals surface area contributed by atoms with Crippen molar-refractivity contribution in [2.24, 2.45) is 0 Å². The molecule has 0 fully saturated rings. The van der Waals surface area contributed by atoms with Gasteiger partial charge in [0.1, 0.15) is 0 Å². The molecular weight excluding hydrogens is 324 g/mol. The van der Waals surface area contributed by atoms with E-state index in [0.29, 0.717) is 13.2 Å². The molecule has 0 saturated carbocycles. The van der Waals surface area contributed by atoms with Crippen LogP contribution >= 0.6 is 0 Å². The topological polar surface area (TPSA) is 54.1 Å². The highest BCUT2D eigenvalue weighted by Gasteiger charge is 2.16. The number of ether oxygens (including phenoxy) is 1. The average molecular weight is 348 g/mol. The van der Waals surface area contributed by atoms with E-state index in [1.54, 1.807) is 7.11 Å². The van der Waals surface area contributed by atoms with Crippen molar-refractivity contribution in [2.75, 3.05) is 7.11 Å². The number of rotatable bonds is 5. The van der Waals surface area contributed by atoms with Crippen molar-refractivity contribution in [3.63, 3.8) is 0 Å². The first-order chi connectivity index (χ1) is 12.7. The van der Waals surface area contributed by atoms with Crippen LogP contribution in [-0.2, 0) is 30.7 Å². The van der Waals surface area contributed by atoms with Crippen LogP contribution in [-0.4, -0.2) is 18.0 Å². The Morgan fingerprint density at radius 3 is 2.85 bits per heavy atom. The third kappa shape index (κ3) is 3.37. The maximum absolute atomic E-state index is 12.6. The number of aromatic amines is 1. The van der Waals surface area contributed by atoms with E-state index in [2.05, 4.69) is 16.4 Å². The molecular formula is C22H24N2O2. The van der Waals surface area contributed by atoms with Gasteiger partial charge in [-0.05, 0) is 60.6 Å². The number of H-pyrrole nitrogens is 1. The van der Waals surface area contributed by atoms with Gasteiger partial charge in [0.25, 0.3) is 5.91 Å². The van der Waals surface area contributed by atoms with Crippen LogP contribution in [0, 0.1) is 0 Å². The maximum Gasteiger partial charge on any atom is 0.251 e. The molecule has 1 heterocycles. The lowest BCUT2D eigenvalue weighted by molar-refractivity contribution is 0.0951. The molecule has 0 atom stereocenters. The van der Waals surface area contributed by atoms with Crippen molar-refractivity contribution in [1.29, 1.82) is 0 Å². The first-order valence-electron chi connectivity index (χ1n) is 9.23. The second-order valence-corrected chi connectivity index (χ2v) is 6.99. The second-order valence-electron chi connectivity index (χ2n) is 6.99. The fraction of sp³-hybridized carbons (Fsp3) is 0.318. The number of methoxy groups -OCH3 is 1. The molecule has 0 aliphatic heterocycles. The largest absolute Gasteiger partial charge is 0.380 e. The van der Waals surface area contributed by atoms with Crippen molar-refractivity contribution in [1.82, 2.24) is 10.3 Å². The first-order valence-corrected chi connectivity index (χ1v) is 9.23. The van der Waals surface area contributed by atoms with Crippen molar-refractivity contribution < 1.29 is 9.53 Å². The number of carbonyl (C=O) groups is 1. The van der Waals surface area contributed by atoms with Gasteiger partial charge in [0.2, 0.25) is 0 Å². The van der Waals surface area contributed by atoms with Gasteiger partial charge >= 0.3 is 0 Å². The summed E-state index contributed by atoms with van der Waals surface area (Å²) in [4.78, 5) is 16.1. The molecule has 134 valence electrons. The van der Waals surface area contributed by atoms with E-state index in [4.69, 9.17) is 4.74 Å². The molecule has 1 aliphatic rings. The minimum absolute atomic E-state index is 0.0326. The number of benzene rings is 2. The van der Waals surface area contributed by atoms with Crippen LogP contribution in [0.15, 0.2) is 42.5 Å². The maximum atomic E-state index is 12.6. The van der Waals surface area contributed by atoms with Gasteiger partial charge in [-0.1, -0.05) is 24.3 Å². The minimum Gasteiger partial charge on any atom is -0.380 e. The van der Waals surface area contributed by atoms with E-state index in [9.17, 15) is 4.79 Å². The molecule has 0 spiro atoms. The van der Waals surface area contributed by atoms with E-state index >= 15 is 0 Å². The van der Waals surface area contributed by atoms with Crippen LogP contribution in [0.4, 0.5) is 0 Å². The molecule has 0 saturated heterocycles. The number of amides is 1. The highest BCUT2D eigenvalue weighted by Crippen LogP contribution is 2.29. The number of hydrogen-bond donors (Lipinski definition) is 2. The molecule has 2 aromatic carbocycles. The summed E-state index contributed by atoms with van der Waals surface area (Å²) in [5, 5.41) is 4.23. The summed E-state index contributed by atoms with van der Waals surface area (Å²) in [6.45, 7) is 1.09. The monoisotopic (exact) mass is 348 g/mol. The van der Waals surface area contributed by atoms with Crippen molar-refractivity contribution in [3.8, 4) is 0 Å². The Labute approximate surface area is 153 Å². The molecule has 0 unspecified atom stereocenters. The highest BCUT2D eigenvalue weighted by atomic mass is 16.5. The molecule has 0 radical (unpaired) electrons. The molecule has 4 nitrogen and oxygen atoms in total. The third-order valence-corrected chi connectivity index (χ3v) is 5.12. The van der Waals surface area contributed by atoms with E-state index in [1.807, 2.05) is 36.4 Å². The van der Waals surface area contributed by atoms with E-state index < -0.39 is 0 Å². The Morgan fingerprint density at radius 2 is 1.96 bits per heavy atom. The lowest BCUT2D eigenvalue weighted by atomic mass is 9.95. The number of aryl methyl sites for hydroxylation is 2. The Hall–Kier alpha value is -2.59. The van der Waals surface area contributed by atoms with Crippen LogP contribution in [0.3, 0.4) is 0 Å². The van der Waals surface area contributed by atoms with Crippen molar-refractivity contribution in [2.45, 2.75) is 38.8 Å². The number of hydrogen-bond acceptors (Lipinski definition) is 2. The number of aromatic nitrogens is 1. The molecule has 4 rings (SSSR count). The summed E-state index contributed by atoms with van der Waals surface area (Å²) in [7, 11) is 1.68. The van der Waals surface area contributed by atoms with Gasteiger partial charge in [0.15, 0.2) is 0 Å². The van der Waals surface area contributed by atoms with Crippen LogP contribution in [0.1, 0.15) is 45.6 Å². The lowest BCUT2D eigenvalue weighted by Crippen LogP contribution is -2.22. The summed E-state index contributed by atoms with van der Waals surface area (Å²) >= 11 is 0. The molecule has 0 bridgehead atoms. The zero-order valence-electron chi connectivity index (χ0n) is 15.1. The zero-order chi connectivity index (χ0) is 17.9. The number of fused-ring (bicyclic) bond motifs is 3. The second kappa shape index (κ2) is 7.34. The van der Waals surface area contributed by atoms with E-state index in [0.717, 1.165) is 35.0 Å². The van der Waals surface area contributed by atoms with Gasteiger partial charge in [0, 0.05) is 35.8 Å². The smallest absolute Gasteiger partial charge is 0.251 e. The Bertz CT molecular complexity index is 942. The van der Waals surface area contributed by atoms with Crippen molar-refractivity contribution >= 4 is 16.8 Å². The minimum atomic E-state index is -0.0326. The molecule has 4 heteroatoms. The molecule has 1 amide bonds. The lowest BCUT2D eigenvalue weighted by Gasteiger charge is -2.11. The normalized spacial score (nSPS) is 13.6. The Balaban J connectivity index is 1.50. The Kier molecular flexibility index (Phi) is 4.76. The predicted octanol–water partition coefficient (Wildman–Crippen LogP) is 4.12. The van der Waals surface area contributed by atoms with E-state index in [-0.39, 0.29) is 5.91 Å². The quantitative estimate of drug-likeness (QED) is 0.729. The van der Waals surface area contributed by atoms with Gasteiger partial charge < -0.3 is 15.0 Å². The Morgan fingerprint density at radius 1 is 1.12 bits per heavy atom. The van der Waals surface area contributed by atoms with Crippen LogP contribution in [0.2, 0.25) is 0 Å². The fourth-order valence-electron chi connectivity index (χ4n) is 3.83. The molecule has 1 aliphatic carbocycles. The first kappa shape index (κ1) is 16.9. The average Bonchev–Trinajstić information content (AvgIpc) is 3.04. The predicted molar refractivity (Wildman–Crippen MR) is 103 cm³/mol. The fourth-order valence-corrected chi connectivity index (χ4v) is 3.83. The molecule has 2 N–H and O–H groups in total. The summed E-state index contributed by atoms with van der Waals surface area (Å²) in [5.41, 5.74) is 6.79. The number of carbonyl (C=O) groups excluding carboxylic acids is 1. The van der Waals surface area contributed by atoms with Gasteiger partial charge in [0.05, 0.1) is 6.61 Å². The van der Waals surface area contributed by atoms with E-state index in [1.165, 1.54) is 29.5 Å².